The average molecular weight is 478 g/mol. The molecule has 2 aromatic heterocycles. The van der Waals surface area contributed by atoms with Gasteiger partial charge in [-0.25, -0.2) is 9.37 Å². The van der Waals surface area contributed by atoms with E-state index in [9.17, 15) is 9.18 Å². The molecule has 0 aliphatic carbocycles. The first-order chi connectivity index (χ1) is 17.0. The number of rotatable bonds is 7. The van der Waals surface area contributed by atoms with Crippen LogP contribution in [0.1, 0.15) is 25.3 Å². The van der Waals surface area contributed by atoms with E-state index in [4.69, 9.17) is 14.2 Å². The van der Waals surface area contributed by atoms with Gasteiger partial charge in [-0.1, -0.05) is 24.3 Å². The fourth-order valence-electron chi connectivity index (χ4n) is 4.45. The van der Waals surface area contributed by atoms with E-state index in [1.54, 1.807) is 30.1 Å². The largest absolute Gasteiger partial charge is 0.474 e. The number of ether oxygens (including phenoxy) is 3. The number of nitrogens with zero attached hydrogens (tertiary/aromatic N) is 3. The normalized spacial score (nSPS) is 15.3. The second-order valence-corrected chi connectivity index (χ2v) is 8.70. The highest BCUT2D eigenvalue weighted by Crippen LogP contribution is 2.28. The predicted octanol–water partition coefficient (Wildman–Crippen LogP) is 4.70. The molecule has 7 nitrogen and oxygen atoms in total. The predicted molar refractivity (Wildman–Crippen MR) is 132 cm³/mol. The van der Waals surface area contributed by atoms with Gasteiger partial charge in [-0.05, 0) is 35.4 Å². The Morgan fingerprint density at radius 3 is 2.69 bits per heavy atom. The Bertz CT molecular complexity index is 1390. The van der Waals surface area contributed by atoms with Crippen LogP contribution in [0.4, 0.5) is 4.39 Å². The molecule has 1 aliphatic rings. The van der Waals surface area contributed by atoms with E-state index in [1.807, 2.05) is 47.1 Å². The maximum Gasteiger partial charge on any atom is 0.274 e. The molecule has 182 valence electrons. The number of aromatic nitrogens is 3. The number of para-hydroxylation sites is 1. The first kappa shape index (κ1) is 23.1. The Kier molecular flexibility index (Phi) is 6.55. The molecule has 0 bridgehead atoms. The molecule has 1 aliphatic heterocycles. The lowest BCUT2D eigenvalue weighted by molar-refractivity contribution is 0.0237. The van der Waals surface area contributed by atoms with Crippen LogP contribution < -0.4 is 15.0 Å². The average Bonchev–Trinajstić information content (AvgIpc) is 3.10. The summed E-state index contributed by atoms with van der Waals surface area (Å²) in [7, 11) is 1.73. The Labute approximate surface area is 202 Å². The minimum absolute atomic E-state index is 0.0953. The summed E-state index contributed by atoms with van der Waals surface area (Å²) in [5.41, 5.74) is 3.36. The van der Waals surface area contributed by atoms with Gasteiger partial charge in [0, 0.05) is 44.6 Å². The van der Waals surface area contributed by atoms with Crippen molar-refractivity contribution in [3.63, 3.8) is 0 Å². The van der Waals surface area contributed by atoms with Crippen molar-refractivity contribution in [3.05, 3.63) is 76.7 Å². The molecule has 0 radical (unpaired) electrons. The van der Waals surface area contributed by atoms with E-state index in [1.165, 1.54) is 6.92 Å². The highest BCUT2D eigenvalue weighted by Gasteiger charge is 2.17. The van der Waals surface area contributed by atoms with Crippen molar-refractivity contribution in [2.75, 3.05) is 13.2 Å². The van der Waals surface area contributed by atoms with Gasteiger partial charge in [-0.15, -0.1) is 0 Å². The summed E-state index contributed by atoms with van der Waals surface area (Å²) in [6.45, 7) is 3.10. The van der Waals surface area contributed by atoms with E-state index in [0.717, 1.165) is 35.0 Å². The Morgan fingerprint density at radius 1 is 1.11 bits per heavy atom. The van der Waals surface area contributed by atoms with Crippen molar-refractivity contribution < 1.29 is 18.6 Å². The van der Waals surface area contributed by atoms with Crippen LogP contribution in [0.3, 0.4) is 0 Å². The Balaban J connectivity index is 1.50. The second-order valence-electron chi connectivity index (χ2n) is 8.70. The number of hydrogen-bond acceptors (Lipinski definition) is 5. The molecule has 0 spiro atoms. The minimum atomic E-state index is -1.43. The minimum Gasteiger partial charge on any atom is -0.474 e. The molecular weight excluding hydrogens is 449 g/mol. The molecule has 3 heterocycles. The lowest BCUT2D eigenvalue weighted by Gasteiger charge is -2.22. The van der Waals surface area contributed by atoms with E-state index >= 15 is 0 Å². The van der Waals surface area contributed by atoms with Crippen molar-refractivity contribution in [2.45, 2.75) is 38.8 Å². The van der Waals surface area contributed by atoms with Crippen LogP contribution in [-0.2, 0) is 18.3 Å². The molecule has 1 saturated heterocycles. The van der Waals surface area contributed by atoms with Crippen molar-refractivity contribution in [2.24, 2.45) is 7.05 Å². The van der Waals surface area contributed by atoms with Gasteiger partial charge in [-0.2, -0.15) is 0 Å². The summed E-state index contributed by atoms with van der Waals surface area (Å²) in [6, 6.07) is 16.9. The van der Waals surface area contributed by atoms with Crippen molar-refractivity contribution >= 4 is 10.9 Å². The summed E-state index contributed by atoms with van der Waals surface area (Å²) < 4.78 is 33.9. The zero-order valence-corrected chi connectivity index (χ0v) is 19.8. The van der Waals surface area contributed by atoms with Crippen molar-refractivity contribution in [1.29, 1.82) is 0 Å². The third kappa shape index (κ3) is 4.93. The molecule has 0 amide bonds. The standard InChI is InChI=1S/C27H28FN3O4/c1-18(28)34-25-6-4-3-5-21(25)17-31-24-15-19(7-8-23(24)27(32)30(31)2)20-9-12-29-26(16-20)35-22-10-13-33-14-11-22/h3-9,12,15-16,18,22H,10-11,13-14,17H2,1-2H3. The van der Waals surface area contributed by atoms with E-state index < -0.39 is 6.36 Å². The third-order valence-electron chi connectivity index (χ3n) is 6.27. The van der Waals surface area contributed by atoms with Crippen LogP contribution in [0.2, 0.25) is 0 Å². The Hall–Kier alpha value is -3.65. The number of alkyl halides is 1. The number of benzene rings is 2. The first-order valence-corrected chi connectivity index (χ1v) is 11.8. The summed E-state index contributed by atoms with van der Waals surface area (Å²) in [5.74, 6) is 1.03. The maximum atomic E-state index is 13.6. The molecule has 1 unspecified atom stereocenters. The van der Waals surface area contributed by atoms with Gasteiger partial charge >= 0.3 is 0 Å². The van der Waals surface area contributed by atoms with Gasteiger partial charge in [0.05, 0.1) is 30.7 Å². The van der Waals surface area contributed by atoms with E-state index in [0.29, 0.717) is 36.8 Å². The van der Waals surface area contributed by atoms with Gasteiger partial charge < -0.3 is 14.2 Å². The number of hydrogen-bond donors (Lipinski definition) is 0. The van der Waals surface area contributed by atoms with Gasteiger partial charge in [-0.3, -0.25) is 14.2 Å². The molecule has 35 heavy (non-hydrogen) atoms. The van der Waals surface area contributed by atoms with Crippen molar-refractivity contribution in [3.8, 4) is 22.8 Å². The van der Waals surface area contributed by atoms with Crippen LogP contribution >= 0.6 is 0 Å². The van der Waals surface area contributed by atoms with Crippen molar-refractivity contribution in [1.82, 2.24) is 14.3 Å². The fraction of sp³-hybridized carbons (Fsp3) is 0.333. The topological polar surface area (TPSA) is 67.5 Å². The maximum absolute atomic E-state index is 13.6. The van der Waals surface area contributed by atoms with Gasteiger partial charge in [0.15, 0.2) is 0 Å². The SMILES string of the molecule is CC(F)Oc1ccccc1Cn1c2cc(-c3ccnc(OC4CCOCC4)c3)ccc2c(=O)n1C. The third-order valence-corrected chi connectivity index (χ3v) is 6.27. The van der Waals surface area contributed by atoms with Crippen LogP contribution in [0, 0.1) is 0 Å². The highest BCUT2D eigenvalue weighted by molar-refractivity contribution is 5.84. The lowest BCUT2D eigenvalue weighted by atomic mass is 10.1. The van der Waals surface area contributed by atoms with E-state index in [2.05, 4.69) is 4.98 Å². The molecule has 0 saturated carbocycles. The van der Waals surface area contributed by atoms with Gasteiger partial charge in [0.2, 0.25) is 12.2 Å². The lowest BCUT2D eigenvalue weighted by Crippen LogP contribution is -2.26. The zero-order valence-electron chi connectivity index (χ0n) is 19.8. The van der Waals surface area contributed by atoms with Crippen LogP contribution in [-0.4, -0.2) is 40.0 Å². The van der Waals surface area contributed by atoms with Crippen LogP contribution in [0.15, 0.2) is 65.6 Å². The summed E-state index contributed by atoms with van der Waals surface area (Å²) in [4.78, 5) is 17.3. The molecule has 1 atom stereocenters. The summed E-state index contributed by atoms with van der Waals surface area (Å²) >= 11 is 0. The summed E-state index contributed by atoms with van der Waals surface area (Å²) in [6.07, 6.45) is 2.10. The van der Waals surface area contributed by atoms with Crippen LogP contribution in [0.5, 0.6) is 11.6 Å². The number of halogens is 1. The van der Waals surface area contributed by atoms with Gasteiger partial charge in [0.1, 0.15) is 11.9 Å². The zero-order chi connectivity index (χ0) is 24.4. The molecule has 1 fully saturated rings. The molecule has 2 aromatic carbocycles. The fourth-order valence-corrected chi connectivity index (χ4v) is 4.45. The summed E-state index contributed by atoms with van der Waals surface area (Å²) in [5, 5.41) is 0.612. The quantitative estimate of drug-likeness (QED) is 0.386. The molecule has 4 aromatic rings. The molecule has 8 heteroatoms. The van der Waals surface area contributed by atoms with Gasteiger partial charge in [0.25, 0.3) is 5.56 Å². The van der Waals surface area contributed by atoms with E-state index in [-0.39, 0.29) is 11.7 Å². The molecular formula is C27H28FN3O4. The Morgan fingerprint density at radius 2 is 1.89 bits per heavy atom. The number of fused-ring (bicyclic) bond motifs is 1. The number of pyridine rings is 1. The molecule has 5 rings (SSSR count). The smallest absolute Gasteiger partial charge is 0.274 e. The monoisotopic (exact) mass is 477 g/mol. The molecule has 0 N–H and O–H groups in total. The first-order valence-electron chi connectivity index (χ1n) is 11.8. The second kappa shape index (κ2) is 9.92. The highest BCUT2D eigenvalue weighted by atomic mass is 19.1. The van der Waals surface area contributed by atoms with Crippen LogP contribution in [0.25, 0.3) is 22.0 Å².